The number of nitrogens with one attached hydrogen (secondary N) is 1. The Hall–Kier alpha value is -3.58. The monoisotopic (exact) mass is 431 g/mol. The van der Waals surface area contributed by atoms with Crippen LogP contribution in [-0.4, -0.2) is 28.3 Å². The number of methoxy groups -OCH3 is 1. The molecule has 0 radical (unpaired) electrons. The number of carbonyl (C=O) groups is 1. The molecule has 1 heterocycles. The van der Waals surface area contributed by atoms with Gasteiger partial charge in [0.2, 0.25) is 5.91 Å². The molecule has 3 aromatic carbocycles. The number of benzene rings is 3. The van der Waals surface area contributed by atoms with Crippen LogP contribution in [0.3, 0.4) is 0 Å². The van der Waals surface area contributed by atoms with Crippen LogP contribution in [0.1, 0.15) is 5.56 Å². The maximum atomic E-state index is 13.3. The number of rotatable bonds is 6. The van der Waals surface area contributed by atoms with Crippen molar-refractivity contribution in [2.45, 2.75) is 12.1 Å². The van der Waals surface area contributed by atoms with Crippen molar-refractivity contribution in [3.63, 3.8) is 0 Å². The zero-order valence-corrected chi connectivity index (χ0v) is 18.0. The molecule has 0 bridgehead atoms. The van der Waals surface area contributed by atoms with Gasteiger partial charge in [-0.3, -0.25) is 14.2 Å². The van der Waals surface area contributed by atoms with Crippen LogP contribution in [-0.2, 0) is 4.79 Å². The van der Waals surface area contributed by atoms with Gasteiger partial charge in [-0.15, -0.1) is 0 Å². The van der Waals surface area contributed by atoms with E-state index >= 15 is 0 Å². The first kappa shape index (κ1) is 20.7. The number of hydrogen-bond acceptors (Lipinski definition) is 5. The summed E-state index contributed by atoms with van der Waals surface area (Å²) in [5.41, 5.74) is 2.88. The van der Waals surface area contributed by atoms with Crippen LogP contribution in [0.4, 0.5) is 5.69 Å². The average molecular weight is 432 g/mol. The number of fused-ring (bicyclic) bond motifs is 1. The second-order valence-electron chi connectivity index (χ2n) is 6.96. The van der Waals surface area contributed by atoms with Gasteiger partial charge in [0.15, 0.2) is 5.16 Å². The van der Waals surface area contributed by atoms with Crippen molar-refractivity contribution in [3.05, 3.63) is 88.7 Å². The Morgan fingerprint density at radius 3 is 2.58 bits per heavy atom. The molecule has 156 valence electrons. The van der Waals surface area contributed by atoms with E-state index < -0.39 is 0 Å². The van der Waals surface area contributed by atoms with Gasteiger partial charge in [0, 0.05) is 5.69 Å². The molecule has 0 spiro atoms. The third-order valence-electron chi connectivity index (χ3n) is 4.71. The summed E-state index contributed by atoms with van der Waals surface area (Å²) in [7, 11) is 1.59. The van der Waals surface area contributed by atoms with Gasteiger partial charge in [0.05, 0.1) is 29.5 Å². The molecule has 0 saturated heterocycles. The third kappa shape index (κ3) is 4.62. The molecule has 0 aliphatic carbocycles. The molecule has 0 aliphatic heterocycles. The molecule has 4 aromatic rings. The minimum atomic E-state index is -0.187. The van der Waals surface area contributed by atoms with Crippen molar-refractivity contribution < 1.29 is 9.53 Å². The molecule has 1 N–H and O–H groups in total. The molecule has 1 amide bonds. The highest BCUT2D eigenvalue weighted by Crippen LogP contribution is 2.22. The van der Waals surface area contributed by atoms with Gasteiger partial charge in [0.25, 0.3) is 5.56 Å². The van der Waals surface area contributed by atoms with E-state index in [0.29, 0.717) is 21.7 Å². The lowest BCUT2D eigenvalue weighted by Crippen LogP contribution is -2.23. The van der Waals surface area contributed by atoms with Crippen molar-refractivity contribution in [2.24, 2.45) is 0 Å². The third-order valence-corrected chi connectivity index (χ3v) is 5.65. The number of carbonyl (C=O) groups excluding carboxylic acids is 1. The van der Waals surface area contributed by atoms with Crippen LogP contribution >= 0.6 is 11.8 Å². The fourth-order valence-corrected chi connectivity index (χ4v) is 4.02. The minimum absolute atomic E-state index is 0.114. The van der Waals surface area contributed by atoms with Crippen molar-refractivity contribution >= 4 is 34.3 Å². The lowest BCUT2D eigenvalue weighted by atomic mass is 10.2. The molecule has 31 heavy (non-hydrogen) atoms. The molecule has 0 saturated carbocycles. The van der Waals surface area contributed by atoms with E-state index in [-0.39, 0.29) is 17.2 Å². The standard InChI is InChI=1S/C24H21N3O3S/c1-16-6-5-7-18(14-16)27-23(29)20-8-3-4-9-21(20)26-24(27)31-15-22(28)25-17-10-12-19(30-2)13-11-17/h3-14H,15H2,1-2H3,(H,25,28). The maximum Gasteiger partial charge on any atom is 0.266 e. The summed E-state index contributed by atoms with van der Waals surface area (Å²) >= 11 is 1.23. The zero-order chi connectivity index (χ0) is 21.8. The van der Waals surface area contributed by atoms with E-state index in [1.54, 1.807) is 48.1 Å². The number of aryl methyl sites for hydroxylation is 1. The largest absolute Gasteiger partial charge is 0.497 e. The SMILES string of the molecule is COc1ccc(NC(=O)CSc2nc3ccccc3c(=O)n2-c2cccc(C)c2)cc1. The van der Waals surface area contributed by atoms with Crippen molar-refractivity contribution in [1.29, 1.82) is 0 Å². The fourth-order valence-electron chi connectivity index (χ4n) is 3.21. The van der Waals surface area contributed by atoms with E-state index in [0.717, 1.165) is 17.0 Å². The first-order valence-corrected chi connectivity index (χ1v) is 10.7. The predicted octanol–water partition coefficient (Wildman–Crippen LogP) is 4.43. The number of ether oxygens (including phenoxy) is 1. The van der Waals surface area contributed by atoms with Crippen molar-refractivity contribution in [1.82, 2.24) is 9.55 Å². The molecular formula is C24H21N3O3S. The average Bonchev–Trinajstić information content (AvgIpc) is 2.78. The summed E-state index contributed by atoms with van der Waals surface area (Å²) in [6, 6.07) is 22.0. The second kappa shape index (κ2) is 9.06. The molecular weight excluding hydrogens is 410 g/mol. The molecule has 7 heteroatoms. The van der Waals surface area contributed by atoms with E-state index in [9.17, 15) is 9.59 Å². The fraction of sp³-hybridized carbons (Fsp3) is 0.125. The minimum Gasteiger partial charge on any atom is -0.497 e. The molecule has 0 fully saturated rings. The number of anilines is 1. The van der Waals surface area contributed by atoms with Crippen molar-refractivity contribution in [3.8, 4) is 11.4 Å². The summed E-state index contributed by atoms with van der Waals surface area (Å²) in [6.45, 7) is 1.97. The van der Waals surface area contributed by atoms with E-state index in [1.807, 2.05) is 43.3 Å². The maximum absolute atomic E-state index is 13.3. The number of hydrogen-bond donors (Lipinski definition) is 1. The lowest BCUT2D eigenvalue weighted by Gasteiger charge is -2.14. The van der Waals surface area contributed by atoms with E-state index in [2.05, 4.69) is 10.3 Å². The Morgan fingerprint density at radius 2 is 1.84 bits per heavy atom. The second-order valence-corrected chi connectivity index (χ2v) is 7.90. The van der Waals surface area contributed by atoms with Gasteiger partial charge in [-0.05, 0) is 61.0 Å². The first-order chi connectivity index (χ1) is 15.0. The Labute approximate surface area is 183 Å². The number of para-hydroxylation sites is 1. The summed E-state index contributed by atoms with van der Waals surface area (Å²) in [4.78, 5) is 30.4. The van der Waals surface area contributed by atoms with Crippen LogP contribution in [0, 0.1) is 6.92 Å². The van der Waals surface area contributed by atoms with Gasteiger partial charge in [-0.25, -0.2) is 4.98 Å². The molecule has 6 nitrogen and oxygen atoms in total. The molecule has 0 unspecified atom stereocenters. The lowest BCUT2D eigenvalue weighted by molar-refractivity contribution is -0.113. The number of aromatic nitrogens is 2. The molecule has 1 aromatic heterocycles. The summed E-state index contributed by atoms with van der Waals surface area (Å²) in [5, 5.41) is 3.86. The Balaban J connectivity index is 1.63. The van der Waals surface area contributed by atoms with Crippen LogP contribution in [0.5, 0.6) is 5.75 Å². The van der Waals surface area contributed by atoms with E-state index in [1.165, 1.54) is 11.8 Å². The van der Waals surface area contributed by atoms with Crippen LogP contribution < -0.4 is 15.6 Å². The summed E-state index contributed by atoms with van der Waals surface area (Å²) in [5.74, 6) is 0.645. The van der Waals surface area contributed by atoms with Gasteiger partial charge >= 0.3 is 0 Å². The van der Waals surface area contributed by atoms with Gasteiger partial charge in [0.1, 0.15) is 5.75 Å². The first-order valence-electron chi connectivity index (χ1n) is 9.71. The highest BCUT2D eigenvalue weighted by atomic mass is 32.2. The number of amides is 1. The smallest absolute Gasteiger partial charge is 0.266 e. The summed E-state index contributed by atoms with van der Waals surface area (Å²) in [6.07, 6.45) is 0. The normalized spacial score (nSPS) is 10.8. The molecule has 4 rings (SSSR count). The van der Waals surface area contributed by atoms with E-state index in [4.69, 9.17) is 4.74 Å². The highest BCUT2D eigenvalue weighted by molar-refractivity contribution is 7.99. The quantitative estimate of drug-likeness (QED) is 0.361. The Kier molecular flexibility index (Phi) is 6.04. The van der Waals surface area contributed by atoms with Crippen molar-refractivity contribution in [2.75, 3.05) is 18.2 Å². The van der Waals surface area contributed by atoms with Gasteiger partial charge in [-0.1, -0.05) is 36.0 Å². The van der Waals surface area contributed by atoms with Crippen LogP contribution in [0.2, 0.25) is 0 Å². The zero-order valence-electron chi connectivity index (χ0n) is 17.2. The number of thioether (sulfide) groups is 1. The predicted molar refractivity (Wildman–Crippen MR) is 124 cm³/mol. The highest BCUT2D eigenvalue weighted by Gasteiger charge is 2.15. The Bertz CT molecular complexity index is 1300. The number of nitrogens with zero attached hydrogens (tertiary/aromatic N) is 2. The molecule has 0 atom stereocenters. The summed E-state index contributed by atoms with van der Waals surface area (Å²) < 4.78 is 6.70. The van der Waals surface area contributed by atoms with Gasteiger partial charge < -0.3 is 10.1 Å². The van der Waals surface area contributed by atoms with Crippen LogP contribution in [0.25, 0.3) is 16.6 Å². The topological polar surface area (TPSA) is 73.2 Å². The molecule has 0 aliphatic rings. The van der Waals surface area contributed by atoms with Gasteiger partial charge in [-0.2, -0.15) is 0 Å². The Morgan fingerprint density at radius 1 is 1.06 bits per heavy atom. The van der Waals surface area contributed by atoms with Crippen LogP contribution in [0.15, 0.2) is 82.7 Å².